The molecule has 0 aromatic heterocycles. The molecule has 0 radical (unpaired) electrons. The lowest BCUT2D eigenvalue weighted by molar-refractivity contribution is -0.133. The second kappa shape index (κ2) is 6.29. The monoisotopic (exact) mass is 284 g/mol. The molecule has 0 aliphatic rings. The van der Waals surface area contributed by atoms with Crippen molar-refractivity contribution in [1.29, 1.82) is 0 Å². The van der Waals surface area contributed by atoms with Gasteiger partial charge in [-0.1, -0.05) is 60.4 Å². The summed E-state index contributed by atoms with van der Waals surface area (Å²) in [5, 5.41) is 7.17. The van der Waals surface area contributed by atoms with Crippen LogP contribution in [0.15, 0.2) is 60.4 Å². The molecule has 4 heteroatoms. The SMILES string of the molecule is [2H]c1c([2H])c([2H])c(C(c2c([2H])c([2H])c([2H])c([2H])c2[2H])[S@@](=O)CC(=O)O)c([2H])c1[2H]. The van der Waals surface area contributed by atoms with Gasteiger partial charge in [0.15, 0.2) is 0 Å². The molecule has 0 amide bonds. The van der Waals surface area contributed by atoms with Crippen LogP contribution in [-0.4, -0.2) is 21.0 Å². The molecule has 0 saturated heterocycles. The van der Waals surface area contributed by atoms with E-state index < -0.39 is 99.3 Å². The Balaban J connectivity index is 3.01. The zero-order valence-electron chi connectivity index (χ0n) is 19.5. The van der Waals surface area contributed by atoms with Crippen LogP contribution in [0.25, 0.3) is 0 Å². The average molecular weight is 284 g/mol. The molecule has 0 aliphatic heterocycles. The molecule has 0 fully saturated rings. The van der Waals surface area contributed by atoms with Crippen molar-refractivity contribution < 1.29 is 27.8 Å². The van der Waals surface area contributed by atoms with Gasteiger partial charge in [-0.3, -0.25) is 9.00 Å². The van der Waals surface area contributed by atoms with E-state index in [-0.39, 0.29) is 0 Å². The maximum atomic E-state index is 12.8. The maximum Gasteiger partial charge on any atom is 0.316 e. The molecule has 0 unspecified atom stereocenters. The summed E-state index contributed by atoms with van der Waals surface area (Å²) in [7, 11) is -2.51. The van der Waals surface area contributed by atoms with Gasteiger partial charge in [0, 0.05) is 10.8 Å². The summed E-state index contributed by atoms with van der Waals surface area (Å²) < 4.78 is 91.6. The van der Waals surface area contributed by atoms with E-state index in [1.54, 1.807) is 0 Å². The molecule has 2 rings (SSSR count). The number of aliphatic carboxylic acids is 1. The largest absolute Gasteiger partial charge is 0.481 e. The van der Waals surface area contributed by atoms with Gasteiger partial charge in [0.1, 0.15) is 5.75 Å². The smallest absolute Gasteiger partial charge is 0.316 e. The third-order valence-corrected chi connectivity index (χ3v) is 3.62. The van der Waals surface area contributed by atoms with Crippen LogP contribution in [0.3, 0.4) is 0 Å². The van der Waals surface area contributed by atoms with E-state index in [0.29, 0.717) is 0 Å². The standard InChI is InChI=1S/C15H14O3S/c16-14(17)11-19(18)15(12-7-3-1-4-8-12)13-9-5-2-6-10-13/h1-10,15H,11H2,(H,16,17)/t19-/m0/s1/i1D,2D,3D,4D,5D,6D,7D,8D,9D,10D. The Hall–Kier alpha value is -1.94. The number of benzene rings is 2. The van der Waals surface area contributed by atoms with Crippen molar-refractivity contribution in [2.45, 2.75) is 5.25 Å². The lowest BCUT2D eigenvalue weighted by atomic mass is 10.0. The summed E-state index contributed by atoms with van der Waals surface area (Å²) in [6.07, 6.45) is 0. The average Bonchev–Trinajstić information content (AvgIpc) is 2.66. The topological polar surface area (TPSA) is 54.4 Å². The van der Waals surface area contributed by atoms with Crippen molar-refractivity contribution in [2.75, 3.05) is 5.75 Å². The zero-order chi connectivity index (χ0) is 22.4. The van der Waals surface area contributed by atoms with Crippen molar-refractivity contribution in [3.8, 4) is 0 Å². The Morgan fingerprint density at radius 1 is 1.05 bits per heavy atom. The molecule has 3 nitrogen and oxygen atoms in total. The fourth-order valence-corrected chi connectivity index (χ4v) is 2.57. The quantitative estimate of drug-likeness (QED) is 0.918. The van der Waals surface area contributed by atoms with Crippen molar-refractivity contribution in [2.24, 2.45) is 0 Å². The first-order valence-electron chi connectivity index (χ1n) is 10.0. The minimum Gasteiger partial charge on any atom is -0.481 e. The molecule has 2 aromatic carbocycles. The lowest BCUT2D eigenvalue weighted by Crippen LogP contribution is -2.17. The summed E-state index contributed by atoms with van der Waals surface area (Å²) in [5.41, 5.74) is -1.21. The van der Waals surface area contributed by atoms with Gasteiger partial charge in [-0.2, -0.15) is 0 Å². The van der Waals surface area contributed by atoms with Crippen molar-refractivity contribution in [3.05, 3.63) is 71.6 Å². The zero-order valence-corrected chi connectivity index (χ0v) is 10.3. The number of hydrogen-bond donors (Lipinski definition) is 1. The van der Waals surface area contributed by atoms with Gasteiger partial charge < -0.3 is 5.11 Å². The van der Waals surface area contributed by atoms with Crippen molar-refractivity contribution in [3.63, 3.8) is 0 Å². The molecular formula is C15H14O3S. The van der Waals surface area contributed by atoms with Crippen LogP contribution < -0.4 is 0 Å². The molecule has 19 heavy (non-hydrogen) atoms. The van der Waals surface area contributed by atoms with Crippen LogP contribution in [0.5, 0.6) is 0 Å². The number of carbonyl (C=O) groups is 1. The molecule has 1 N–H and O–H groups in total. The summed E-state index contributed by atoms with van der Waals surface area (Å²) in [6, 6.07) is -7.83. The number of carboxylic acids is 1. The summed E-state index contributed by atoms with van der Waals surface area (Å²) >= 11 is 0. The molecular weight excluding hydrogens is 260 g/mol. The minimum absolute atomic E-state index is 0.603. The van der Waals surface area contributed by atoms with Crippen LogP contribution in [0.4, 0.5) is 0 Å². The fraction of sp³-hybridized carbons (Fsp3) is 0.133. The summed E-state index contributed by atoms with van der Waals surface area (Å²) in [4.78, 5) is 11.1. The molecule has 2 aromatic rings. The lowest BCUT2D eigenvalue weighted by Gasteiger charge is -2.16. The van der Waals surface area contributed by atoms with Crippen molar-refractivity contribution >= 4 is 16.8 Å². The van der Waals surface area contributed by atoms with E-state index in [0.717, 1.165) is 0 Å². The Morgan fingerprint density at radius 2 is 1.47 bits per heavy atom. The van der Waals surface area contributed by atoms with Crippen LogP contribution in [-0.2, 0) is 15.6 Å². The summed E-state index contributed by atoms with van der Waals surface area (Å²) in [5.74, 6) is -2.57. The van der Waals surface area contributed by atoms with E-state index in [1.807, 2.05) is 0 Å². The molecule has 0 aliphatic carbocycles. The second-order valence-corrected chi connectivity index (χ2v) is 4.90. The molecule has 0 saturated carbocycles. The molecule has 98 valence electrons. The van der Waals surface area contributed by atoms with E-state index in [1.165, 1.54) is 0 Å². The highest BCUT2D eigenvalue weighted by Gasteiger charge is 2.22. The first kappa shape index (κ1) is 5.59. The minimum atomic E-state index is -2.51. The predicted octanol–water partition coefficient (Wildman–Crippen LogP) is 2.61. The highest BCUT2D eigenvalue weighted by atomic mass is 32.2. The molecule has 0 spiro atoms. The first-order valence-corrected chi connectivity index (χ1v) is 6.43. The van der Waals surface area contributed by atoms with Gasteiger partial charge in [-0.15, -0.1) is 0 Å². The van der Waals surface area contributed by atoms with E-state index >= 15 is 0 Å². The van der Waals surface area contributed by atoms with E-state index in [2.05, 4.69) is 0 Å². The number of rotatable bonds is 5. The predicted molar refractivity (Wildman–Crippen MR) is 75.4 cm³/mol. The van der Waals surface area contributed by atoms with Crippen LogP contribution in [0.2, 0.25) is 0 Å². The second-order valence-electron chi connectivity index (χ2n) is 3.38. The Morgan fingerprint density at radius 3 is 1.84 bits per heavy atom. The number of carboxylic acid groups (broad SMARTS) is 1. The fourth-order valence-electron chi connectivity index (χ4n) is 1.39. The van der Waals surface area contributed by atoms with Gasteiger partial charge in [0.05, 0.1) is 19.0 Å². The van der Waals surface area contributed by atoms with Gasteiger partial charge in [0.25, 0.3) is 0 Å². The first-order chi connectivity index (χ1) is 13.3. The highest BCUT2D eigenvalue weighted by Crippen LogP contribution is 2.28. The maximum absolute atomic E-state index is 12.8. The molecule has 1 atom stereocenters. The normalized spacial score (nSPS) is 19.6. The van der Waals surface area contributed by atoms with Crippen LogP contribution in [0.1, 0.15) is 30.1 Å². The third-order valence-electron chi connectivity index (χ3n) is 2.09. The van der Waals surface area contributed by atoms with E-state index in [4.69, 9.17) is 18.8 Å². The van der Waals surface area contributed by atoms with Gasteiger partial charge in [-0.25, -0.2) is 0 Å². The Bertz CT molecular complexity index is 928. The molecule has 0 heterocycles. The third kappa shape index (κ3) is 3.51. The van der Waals surface area contributed by atoms with Crippen LogP contribution in [0, 0.1) is 0 Å². The Kier molecular flexibility index (Phi) is 1.85. The van der Waals surface area contributed by atoms with Crippen molar-refractivity contribution in [1.82, 2.24) is 0 Å². The van der Waals surface area contributed by atoms with Crippen LogP contribution >= 0.6 is 0 Å². The highest BCUT2D eigenvalue weighted by molar-refractivity contribution is 7.86. The van der Waals surface area contributed by atoms with Gasteiger partial charge in [-0.05, 0) is 11.1 Å². The molecule has 0 bridgehead atoms. The van der Waals surface area contributed by atoms with Gasteiger partial charge in [0.2, 0.25) is 0 Å². The Labute approximate surface area is 128 Å². The van der Waals surface area contributed by atoms with E-state index in [9.17, 15) is 9.00 Å². The van der Waals surface area contributed by atoms with Gasteiger partial charge >= 0.3 is 5.97 Å². The number of hydrogen-bond acceptors (Lipinski definition) is 2. The summed E-state index contributed by atoms with van der Waals surface area (Å²) in [6.45, 7) is 0.